The summed E-state index contributed by atoms with van der Waals surface area (Å²) in [4.78, 5) is 30.6. The normalized spacial score (nSPS) is 11.7. The van der Waals surface area contributed by atoms with Gasteiger partial charge in [-0.15, -0.1) is 0 Å². The standard InChI is InChI=1S/C24H28N6O5/c1-17-3-5-19(6-4-17)33-12-11-29(2)23(32)15-30-14-18(13-26-30)27-22(31)9-10-25-21-8-7-20-24(28-21)35-16-34-20/h3-8,13-14H,9-12,15-16H2,1-2H3,(H,25,28)(H,27,31). The highest BCUT2D eigenvalue weighted by Crippen LogP contribution is 2.30. The van der Waals surface area contributed by atoms with E-state index in [9.17, 15) is 9.59 Å². The Bertz CT molecular complexity index is 1160. The lowest BCUT2D eigenvalue weighted by Gasteiger charge is -2.17. The van der Waals surface area contributed by atoms with Crippen LogP contribution in [0.2, 0.25) is 0 Å². The number of anilines is 2. The summed E-state index contributed by atoms with van der Waals surface area (Å²) in [5, 5.41) is 10.0. The van der Waals surface area contributed by atoms with E-state index in [-0.39, 0.29) is 31.6 Å². The molecule has 35 heavy (non-hydrogen) atoms. The predicted octanol–water partition coefficient (Wildman–Crippen LogP) is 2.29. The van der Waals surface area contributed by atoms with Gasteiger partial charge in [-0.25, -0.2) is 0 Å². The lowest BCUT2D eigenvalue weighted by molar-refractivity contribution is -0.131. The smallest absolute Gasteiger partial charge is 0.262 e. The van der Waals surface area contributed by atoms with Crippen molar-refractivity contribution in [3.05, 3.63) is 54.4 Å². The van der Waals surface area contributed by atoms with Crippen molar-refractivity contribution in [2.24, 2.45) is 0 Å². The molecule has 0 fully saturated rings. The van der Waals surface area contributed by atoms with E-state index in [1.807, 2.05) is 31.2 Å². The third-order valence-corrected chi connectivity index (χ3v) is 5.25. The van der Waals surface area contributed by atoms with E-state index in [0.717, 1.165) is 11.3 Å². The van der Waals surface area contributed by atoms with E-state index in [1.54, 1.807) is 30.3 Å². The molecule has 184 valence electrons. The van der Waals surface area contributed by atoms with E-state index in [4.69, 9.17) is 14.2 Å². The first-order valence-electron chi connectivity index (χ1n) is 11.2. The van der Waals surface area contributed by atoms with Gasteiger partial charge in [-0.2, -0.15) is 10.1 Å². The second kappa shape index (κ2) is 11.2. The Morgan fingerprint density at radius 3 is 2.83 bits per heavy atom. The maximum absolute atomic E-state index is 12.5. The molecule has 2 aromatic heterocycles. The number of carbonyl (C=O) groups is 2. The number of aromatic nitrogens is 3. The molecule has 1 aliphatic heterocycles. The zero-order valence-corrected chi connectivity index (χ0v) is 19.7. The first-order valence-corrected chi connectivity index (χ1v) is 11.2. The molecular formula is C24H28N6O5. The number of hydrogen-bond donors (Lipinski definition) is 2. The van der Waals surface area contributed by atoms with Crippen molar-refractivity contribution in [2.75, 3.05) is 44.2 Å². The molecule has 4 rings (SSSR count). The van der Waals surface area contributed by atoms with Gasteiger partial charge >= 0.3 is 0 Å². The van der Waals surface area contributed by atoms with Gasteiger partial charge in [-0.05, 0) is 31.2 Å². The van der Waals surface area contributed by atoms with Crippen LogP contribution >= 0.6 is 0 Å². The van der Waals surface area contributed by atoms with Gasteiger partial charge in [0.15, 0.2) is 5.75 Å². The SMILES string of the molecule is Cc1ccc(OCCN(C)C(=O)Cn2cc(NC(=O)CCNc3ccc4c(n3)OCO4)cn2)cc1. The van der Waals surface area contributed by atoms with Crippen molar-refractivity contribution in [1.29, 1.82) is 0 Å². The lowest BCUT2D eigenvalue weighted by Crippen LogP contribution is -2.33. The summed E-state index contributed by atoms with van der Waals surface area (Å²) < 4.78 is 17.6. The number of rotatable bonds is 11. The number of pyridine rings is 1. The summed E-state index contributed by atoms with van der Waals surface area (Å²) in [5.41, 5.74) is 1.68. The molecule has 11 heteroatoms. The Hall–Kier alpha value is -4.28. The minimum Gasteiger partial charge on any atom is -0.492 e. The molecule has 0 atom stereocenters. The number of aryl methyl sites for hydroxylation is 1. The quantitative estimate of drug-likeness (QED) is 0.429. The van der Waals surface area contributed by atoms with Gasteiger partial charge in [-0.3, -0.25) is 14.3 Å². The fourth-order valence-corrected chi connectivity index (χ4v) is 3.25. The third-order valence-electron chi connectivity index (χ3n) is 5.25. The predicted molar refractivity (Wildman–Crippen MR) is 129 cm³/mol. The van der Waals surface area contributed by atoms with Crippen LogP contribution in [-0.4, -0.2) is 65.0 Å². The van der Waals surface area contributed by atoms with Crippen LogP contribution in [0, 0.1) is 6.92 Å². The van der Waals surface area contributed by atoms with Crippen LogP contribution in [0.1, 0.15) is 12.0 Å². The van der Waals surface area contributed by atoms with E-state index < -0.39 is 0 Å². The number of benzene rings is 1. The second-order valence-electron chi connectivity index (χ2n) is 8.03. The number of carbonyl (C=O) groups excluding carboxylic acids is 2. The van der Waals surface area contributed by atoms with E-state index in [2.05, 4.69) is 20.7 Å². The van der Waals surface area contributed by atoms with Gasteiger partial charge in [0.05, 0.1) is 18.4 Å². The molecule has 0 spiro atoms. The summed E-state index contributed by atoms with van der Waals surface area (Å²) >= 11 is 0. The second-order valence-corrected chi connectivity index (χ2v) is 8.03. The molecule has 0 aliphatic carbocycles. The summed E-state index contributed by atoms with van der Waals surface area (Å²) in [7, 11) is 1.72. The average molecular weight is 481 g/mol. The molecule has 0 unspecified atom stereocenters. The first kappa shape index (κ1) is 23.9. The van der Waals surface area contributed by atoms with Crippen LogP contribution in [-0.2, 0) is 16.1 Å². The van der Waals surface area contributed by atoms with Crippen LogP contribution in [0.15, 0.2) is 48.8 Å². The number of hydrogen-bond acceptors (Lipinski definition) is 8. The maximum atomic E-state index is 12.5. The fraction of sp³-hybridized carbons (Fsp3) is 0.333. The lowest BCUT2D eigenvalue weighted by atomic mass is 10.2. The number of nitrogens with one attached hydrogen (secondary N) is 2. The van der Waals surface area contributed by atoms with Crippen molar-refractivity contribution >= 4 is 23.3 Å². The molecular weight excluding hydrogens is 452 g/mol. The number of ether oxygens (including phenoxy) is 3. The van der Waals surface area contributed by atoms with Crippen molar-refractivity contribution in [3.8, 4) is 17.4 Å². The Morgan fingerprint density at radius 2 is 2.00 bits per heavy atom. The highest BCUT2D eigenvalue weighted by Gasteiger charge is 2.15. The van der Waals surface area contributed by atoms with Crippen LogP contribution in [0.5, 0.6) is 17.4 Å². The van der Waals surface area contributed by atoms with Crippen LogP contribution in [0.3, 0.4) is 0 Å². The minimum atomic E-state index is -0.186. The van der Waals surface area contributed by atoms with E-state index in [0.29, 0.717) is 42.8 Å². The van der Waals surface area contributed by atoms with Crippen molar-refractivity contribution in [2.45, 2.75) is 19.9 Å². The largest absolute Gasteiger partial charge is 0.492 e. The zero-order chi connectivity index (χ0) is 24.6. The maximum Gasteiger partial charge on any atom is 0.262 e. The van der Waals surface area contributed by atoms with E-state index in [1.165, 1.54) is 10.9 Å². The Kier molecular flexibility index (Phi) is 7.66. The van der Waals surface area contributed by atoms with Crippen molar-refractivity contribution in [3.63, 3.8) is 0 Å². The molecule has 1 aliphatic rings. The zero-order valence-electron chi connectivity index (χ0n) is 19.7. The van der Waals surface area contributed by atoms with Crippen molar-refractivity contribution in [1.82, 2.24) is 19.7 Å². The molecule has 2 N–H and O–H groups in total. The molecule has 1 aromatic carbocycles. The van der Waals surface area contributed by atoms with E-state index >= 15 is 0 Å². The Morgan fingerprint density at radius 1 is 1.17 bits per heavy atom. The molecule has 3 aromatic rings. The number of fused-ring (bicyclic) bond motifs is 1. The van der Waals surface area contributed by atoms with Crippen LogP contribution in [0.4, 0.5) is 11.5 Å². The molecule has 3 heterocycles. The van der Waals surface area contributed by atoms with Gasteiger partial charge in [0.25, 0.3) is 5.88 Å². The molecule has 0 radical (unpaired) electrons. The van der Waals surface area contributed by atoms with Gasteiger partial charge in [-0.1, -0.05) is 17.7 Å². The average Bonchev–Trinajstić information content (AvgIpc) is 3.49. The molecule has 0 saturated carbocycles. The van der Waals surface area contributed by atoms with Crippen molar-refractivity contribution < 1.29 is 23.8 Å². The summed E-state index contributed by atoms with van der Waals surface area (Å²) in [6.45, 7) is 3.46. The molecule has 0 saturated heterocycles. The van der Waals surface area contributed by atoms with Gasteiger partial charge in [0, 0.05) is 26.2 Å². The molecule has 0 bridgehead atoms. The number of likely N-dealkylation sites (N-methyl/N-ethyl adjacent to an activating group) is 1. The van der Waals surface area contributed by atoms with Gasteiger partial charge in [0.2, 0.25) is 18.6 Å². The van der Waals surface area contributed by atoms with Crippen LogP contribution < -0.4 is 24.8 Å². The highest BCUT2D eigenvalue weighted by molar-refractivity contribution is 5.90. The van der Waals surface area contributed by atoms with Gasteiger partial charge in [0.1, 0.15) is 24.7 Å². The molecule has 2 amide bonds. The Balaban J connectivity index is 1.15. The summed E-state index contributed by atoms with van der Waals surface area (Å²) in [5.74, 6) is 2.11. The first-order chi connectivity index (χ1) is 17.0. The minimum absolute atomic E-state index is 0.0637. The number of nitrogens with zero attached hydrogens (tertiary/aromatic N) is 4. The Labute approximate surface area is 203 Å². The number of amides is 2. The third kappa shape index (κ3) is 6.85. The highest BCUT2D eigenvalue weighted by atomic mass is 16.7. The topological polar surface area (TPSA) is 120 Å². The monoisotopic (exact) mass is 480 g/mol. The summed E-state index contributed by atoms with van der Waals surface area (Å²) in [6.07, 6.45) is 3.36. The fourth-order valence-electron chi connectivity index (χ4n) is 3.25. The molecule has 11 nitrogen and oxygen atoms in total. The summed E-state index contributed by atoms with van der Waals surface area (Å²) in [6, 6.07) is 11.3. The van der Waals surface area contributed by atoms with Gasteiger partial charge < -0.3 is 29.7 Å². The van der Waals surface area contributed by atoms with Crippen LogP contribution in [0.25, 0.3) is 0 Å².